The molecule has 0 radical (unpaired) electrons. The Labute approximate surface area is 167 Å². The van der Waals surface area contributed by atoms with E-state index in [2.05, 4.69) is 0 Å². The summed E-state index contributed by atoms with van der Waals surface area (Å²) in [5.74, 6) is -0.0893. The first-order chi connectivity index (χ1) is 13.5. The van der Waals surface area contributed by atoms with Gasteiger partial charge in [-0.05, 0) is 43.9 Å². The molecule has 0 heterocycles. The molecule has 0 saturated carbocycles. The van der Waals surface area contributed by atoms with Crippen molar-refractivity contribution in [2.45, 2.75) is 33.6 Å². The summed E-state index contributed by atoms with van der Waals surface area (Å²) in [6.45, 7) is 6.20. The Hall–Kier alpha value is -3.01. The predicted octanol–water partition coefficient (Wildman–Crippen LogP) is 5.65. The highest BCUT2D eigenvalue weighted by Gasteiger charge is 2.23. The van der Waals surface area contributed by atoms with Crippen LogP contribution in [0.3, 0.4) is 0 Å². The maximum atomic E-state index is 12.7. The molecule has 0 aliphatic rings. The van der Waals surface area contributed by atoms with E-state index in [0.717, 1.165) is 11.1 Å². The second kappa shape index (κ2) is 10.4. The molecule has 0 saturated heterocycles. The minimum Gasteiger partial charge on any atom is -0.507 e. The molecule has 2 rings (SSSR count). The number of phenols is 1. The number of hydrogen-bond acceptors (Lipinski definition) is 4. The highest BCUT2D eigenvalue weighted by atomic mass is 16.5. The SMILES string of the molecule is CCCOC(=O)c1c(/C=C/c2ccccc2)cc(OC)c(CC=C(C)C)c1O. The maximum Gasteiger partial charge on any atom is 0.342 e. The molecular weight excluding hydrogens is 352 g/mol. The van der Waals surface area contributed by atoms with Crippen molar-refractivity contribution in [1.82, 2.24) is 0 Å². The van der Waals surface area contributed by atoms with Gasteiger partial charge in [0.2, 0.25) is 0 Å². The van der Waals surface area contributed by atoms with Gasteiger partial charge in [-0.2, -0.15) is 0 Å². The topological polar surface area (TPSA) is 55.8 Å². The van der Waals surface area contributed by atoms with E-state index in [0.29, 0.717) is 36.3 Å². The molecule has 0 aliphatic carbocycles. The van der Waals surface area contributed by atoms with E-state index in [1.165, 1.54) is 0 Å². The third kappa shape index (κ3) is 5.49. The number of carbonyl (C=O) groups is 1. The largest absolute Gasteiger partial charge is 0.507 e. The van der Waals surface area contributed by atoms with Crippen LogP contribution in [0.25, 0.3) is 12.2 Å². The van der Waals surface area contributed by atoms with Gasteiger partial charge in [0.05, 0.1) is 13.7 Å². The molecule has 0 bridgehead atoms. The summed E-state index contributed by atoms with van der Waals surface area (Å²) in [7, 11) is 1.56. The summed E-state index contributed by atoms with van der Waals surface area (Å²) in [5.41, 5.74) is 3.40. The van der Waals surface area contributed by atoms with Gasteiger partial charge in [-0.1, -0.05) is 61.1 Å². The van der Waals surface area contributed by atoms with Gasteiger partial charge in [0.15, 0.2) is 0 Å². The Balaban J connectivity index is 2.57. The number of carbonyl (C=O) groups excluding carboxylic acids is 1. The molecule has 2 aromatic carbocycles. The molecule has 0 spiro atoms. The summed E-state index contributed by atoms with van der Waals surface area (Å²) < 4.78 is 10.8. The van der Waals surface area contributed by atoms with Crippen LogP contribution in [0, 0.1) is 0 Å². The fourth-order valence-electron chi connectivity index (χ4n) is 2.75. The van der Waals surface area contributed by atoms with Gasteiger partial charge in [0, 0.05) is 5.56 Å². The first-order valence-corrected chi connectivity index (χ1v) is 9.44. The lowest BCUT2D eigenvalue weighted by Crippen LogP contribution is -2.10. The van der Waals surface area contributed by atoms with Crippen molar-refractivity contribution in [1.29, 1.82) is 0 Å². The quantitative estimate of drug-likeness (QED) is 0.365. The highest BCUT2D eigenvalue weighted by molar-refractivity contribution is 5.98. The van der Waals surface area contributed by atoms with Crippen LogP contribution < -0.4 is 4.74 Å². The van der Waals surface area contributed by atoms with Crippen molar-refractivity contribution in [2.75, 3.05) is 13.7 Å². The zero-order valence-electron chi connectivity index (χ0n) is 17.0. The average Bonchev–Trinajstić information content (AvgIpc) is 2.69. The maximum absolute atomic E-state index is 12.7. The van der Waals surface area contributed by atoms with Crippen molar-refractivity contribution in [3.05, 3.63) is 70.3 Å². The van der Waals surface area contributed by atoms with Crippen LogP contribution in [0.1, 0.15) is 54.2 Å². The fourth-order valence-corrected chi connectivity index (χ4v) is 2.75. The summed E-state index contributed by atoms with van der Waals surface area (Å²) in [5, 5.41) is 10.9. The molecule has 0 fully saturated rings. The number of allylic oxidation sites excluding steroid dienone is 2. The van der Waals surface area contributed by atoms with Gasteiger partial charge in [-0.15, -0.1) is 0 Å². The second-order valence-electron chi connectivity index (χ2n) is 6.74. The molecule has 0 unspecified atom stereocenters. The van der Waals surface area contributed by atoms with Crippen LogP contribution in [0.5, 0.6) is 11.5 Å². The smallest absolute Gasteiger partial charge is 0.342 e. The first-order valence-electron chi connectivity index (χ1n) is 9.44. The number of benzene rings is 2. The van der Waals surface area contributed by atoms with Crippen molar-refractivity contribution in [3.63, 3.8) is 0 Å². The summed E-state index contributed by atoms with van der Waals surface area (Å²) in [4.78, 5) is 12.7. The summed E-state index contributed by atoms with van der Waals surface area (Å²) in [6.07, 6.45) is 6.85. The van der Waals surface area contributed by atoms with E-state index in [1.807, 2.05) is 63.3 Å². The van der Waals surface area contributed by atoms with Crippen LogP contribution in [-0.4, -0.2) is 24.8 Å². The van der Waals surface area contributed by atoms with Gasteiger partial charge in [-0.3, -0.25) is 0 Å². The normalized spacial score (nSPS) is 10.7. The van der Waals surface area contributed by atoms with Crippen LogP contribution in [-0.2, 0) is 11.2 Å². The average molecular weight is 380 g/mol. The molecule has 0 atom stereocenters. The standard InChI is InChI=1S/C24H28O4/c1-5-15-28-24(26)22-19(13-12-18-9-7-6-8-10-18)16-21(27-4)20(23(22)25)14-11-17(2)3/h6-13,16,25H,5,14-15H2,1-4H3/b13-12+. The number of aromatic hydroxyl groups is 1. The molecule has 1 N–H and O–H groups in total. The molecule has 28 heavy (non-hydrogen) atoms. The van der Waals surface area contributed by atoms with E-state index in [9.17, 15) is 9.90 Å². The third-order valence-corrected chi connectivity index (χ3v) is 4.23. The lowest BCUT2D eigenvalue weighted by Gasteiger charge is -2.16. The zero-order valence-corrected chi connectivity index (χ0v) is 17.0. The fraction of sp³-hybridized carbons (Fsp3) is 0.292. The van der Waals surface area contributed by atoms with Crippen molar-refractivity contribution in [2.24, 2.45) is 0 Å². The second-order valence-corrected chi connectivity index (χ2v) is 6.74. The number of ether oxygens (including phenoxy) is 2. The third-order valence-electron chi connectivity index (χ3n) is 4.23. The van der Waals surface area contributed by atoms with E-state index in [4.69, 9.17) is 9.47 Å². The van der Waals surface area contributed by atoms with Gasteiger partial charge in [0.1, 0.15) is 17.1 Å². The van der Waals surface area contributed by atoms with Gasteiger partial charge in [-0.25, -0.2) is 4.79 Å². The number of methoxy groups -OCH3 is 1. The molecule has 4 nitrogen and oxygen atoms in total. The van der Waals surface area contributed by atoms with Crippen molar-refractivity contribution in [3.8, 4) is 11.5 Å². The van der Waals surface area contributed by atoms with E-state index in [1.54, 1.807) is 19.3 Å². The predicted molar refractivity (Wildman–Crippen MR) is 114 cm³/mol. The van der Waals surface area contributed by atoms with Crippen LogP contribution in [0.15, 0.2) is 48.0 Å². The van der Waals surface area contributed by atoms with Gasteiger partial charge >= 0.3 is 5.97 Å². The Morgan fingerprint density at radius 3 is 2.46 bits per heavy atom. The molecule has 0 aromatic heterocycles. The number of rotatable bonds is 8. The van der Waals surface area contributed by atoms with Crippen molar-refractivity contribution >= 4 is 18.1 Å². The first kappa shape index (κ1) is 21.3. The molecule has 0 aliphatic heterocycles. The molecule has 4 heteroatoms. The zero-order chi connectivity index (χ0) is 20.5. The molecule has 2 aromatic rings. The van der Waals surface area contributed by atoms with Gasteiger partial charge in [0.25, 0.3) is 0 Å². The van der Waals surface area contributed by atoms with Crippen LogP contribution in [0.4, 0.5) is 0 Å². The van der Waals surface area contributed by atoms with E-state index in [-0.39, 0.29) is 11.3 Å². The summed E-state index contributed by atoms with van der Waals surface area (Å²) >= 11 is 0. The van der Waals surface area contributed by atoms with E-state index >= 15 is 0 Å². The minimum atomic E-state index is -0.534. The Bertz CT molecular complexity index is 860. The Morgan fingerprint density at radius 2 is 1.86 bits per heavy atom. The Kier molecular flexibility index (Phi) is 7.88. The number of phenolic OH excluding ortho intramolecular Hbond substituents is 1. The number of esters is 1. The molecular formula is C24H28O4. The summed E-state index contributed by atoms with van der Waals surface area (Å²) in [6, 6.07) is 11.5. The van der Waals surface area contributed by atoms with E-state index < -0.39 is 5.97 Å². The highest BCUT2D eigenvalue weighted by Crippen LogP contribution is 2.36. The molecule has 0 amide bonds. The van der Waals surface area contributed by atoms with Crippen molar-refractivity contribution < 1.29 is 19.4 Å². The van der Waals surface area contributed by atoms with Crippen LogP contribution >= 0.6 is 0 Å². The minimum absolute atomic E-state index is 0.0920. The number of hydrogen-bond donors (Lipinski definition) is 1. The molecule has 148 valence electrons. The lowest BCUT2D eigenvalue weighted by molar-refractivity contribution is 0.0501. The lowest BCUT2D eigenvalue weighted by atomic mass is 9.97. The van der Waals surface area contributed by atoms with Gasteiger partial charge < -0.3 is 14.6 Å². The van der Waals surface area contributed by atoms with Crippen LogP contribution in [0.2, 0.25) is 0 Å². The monoisotopic (exact) mass is 380 g/mol. The Morgan fingerprint density at radius 1 is 1.14 bits per heavy atom.